The molecule has 3 aromatic rings. The Morgan fingerprint density at radius 2 is 1.85 bits per heavy atom. The first-order valence-electron chi connectivity index (χ1n) is 9.11. The Balaban J connectivity index is 1.73. The Morgan fingerprint density at radius 3 is 2.59 bits per heavy atom. The molecule has 0 spiro atoms. The molecule has 0 radical (unpaired) electrons. The van der Waals surface area contributed by atoms with E-state index in [-0.39, 0.29) is 25.0 Å². The number of aliphatic hydroxyl groups is 1. The van der Waals surface area contributed by atoms with Gasteiger partial charge in [0.15, 0.2) is 0 Å². The summed E-state index contributed by atoms with van der Waals surface area (Å²) in [7, 11) is 1.63. The standard InChI is InChI=1S/C23H25NO3/c1-16-6-3-4-7-18(16)12-20(15-25)24-23(26)13-19-9-5-8-17-10-11-21(27-2)14-22(17)19/h3-11,14,20,25H,12-13,15H2,1-2H3,(H,24,26)/t20-/m0/s1. The molecule has 0 saturated heterocycles. The summed E-state index contributed by atoms with van der Waals surface area (Å²) < 4.78 is 5.31. The minimum absolute atomic E-state index is 0.0938. The normalized spacial score (nSPS) is 12.0. The highest BCUT2D eigenvalue weighted by molar-refractivity contribution is 5.91. The first kappa shape index (κ1) is 18.9. The number of fused-ring (bicyclic) bond motifs is 1. The molecule has 0 bridgehead atoms. The molecule has 0 aliphatic carbocycles. The lowest BCUT2D eigenvalue weighted by atomic mass is 10.00. The van der Waals surface area contributed by atoms with Crippen LogP contribution in [0.25, 0.3) is 10.8 Å². The van der Waals surface area contributed by atoms with Crippen LogP contribution in [0.1, 0.15) is 16.7 Å². The number of ether oxygens (including phenoxy) is 1. The average molecular weight is 363 g/mol. The van der Waals surface area contributed by atoms with Gasteiger partial charge in [-0.15, -0.1) is 0 Å². The number of methoxy groups -OCH3 is 1. The molecule has 140 valence electrons. The highest BCUT2D eigenvalue weighted by Crippen LogP contribution is 2.24. The minimum Gasteiger partial charge on any atom is -0.497 e. The molecule has 3 rings (SSSR count). The number of aryl methyl sites for hydroxylation is 1. The van der Waals surface area contributed by atoms with Gasteiger partial charge in [0.2, 0.25) is 5.91 Å². The van der Waals surface area contributed by atoms with E-state index >= 15 is 0 Å². The number of carbonyl (C=O) groups excluding carboxylic acids is 1. The first-order chi connectivity index (χ1) is 13.1. The van der Waals surface area contributed by atoms with Crippen molar-refractivity contribution < 1.29 is 14.6 Å². The third-order valence-electron chi connectivity index (χ3n) is 4.84. The molecule has 0 heterocycles. The summed E-state index contributed by atoms with van der Waals surface area (Å²) in [5.41, 5.74) is 3.23. The molecule has 4 heteroatoms. The van der Waals surface area contributed by atoms with Crippen LogP contribution in [-0.4, -0.2) is 30.8 Å². The summed E-state index contributed by atoms with van der Waals surface area (Å²) in [5, 5.41) is 14.7. The van der Waals surface area contributed by atoms with Crippen LogP contribution in [0.5, 0.6) is 5.75 Å². The van der Waals surface area contributed by atoms with E-state index in [4.69, 9.17) is 4.74 Å². The molecule has 0 saturated carbocycles. The van der Waals surface area contributed by atoms with E-state index in [1.165, 1.54) is 0 Å². The number of benzene rings is 3. The fourth-order valence-corrected chi connectivity index (χ4v) is 3.32. The van der Waals surface area contributed by atoms with Gasteiger partial charge in [0.25, 0.3) is 0 Å². The highest BCUT2D eigenvalue weighted by Gasteiger charge is 2.15. The van der Waals surface area contributed by atoms with Gasteiger partial charge in [-0.25, -0.2) is 0 Å². The first-order valence-corrected chi connectivity index (χ1v) is 9.11. The second-order valence-electron chi connectivity index (χ2n) is 6.76. The lowest BCUT2D eigenvalue weighted by Gasteiger charge is -2.18. The Bertz CT molecular complexity index is 936. The van der Waals surface area contributed by atoms with Gasteiger partial charge in [-0.05, 0) is 52.9 Å². The van der Waals surface area contributed by atoms with Gasteiger partial charge in [-0.1, -0.05) is 48.5 Å². The Kier molecular flexibility index (Phi) is 6.09. The Morgan fingerprint density at radius 1 is 1.07 bits per heavy atom. The fraction of sp³-hybridized carbons (Fsp3) is 0.261. The number of nitrogens with one attached hydrogen (secondary N) is 1. The van der Waals surface area contributed by atoms with Crippen molar-refractivity contribution >= 4 is 16.7 Å². The zero-order valence-electron chi connectivity index (χ0n) is 15.7. The van der Waals surface area contributed by atoms with Gasteiger partial charge in [0.05, 0.1) is 26.2 Å². The summed E-state index contributed by atoms with van der Waals surface area (Å²) in [5.74, 6) is 0.668. The maximum Gasteiger partial charge on any atom is 0.224 e. The third kappa shape index (κ3) is 4.66. The van der Waals surface area contributed by atoms with E-state index in [1.54, 1.807) is 7.11 Å². The van der Waals surface area contributed by atoms with E-state index in [9.17, 15) is 9.90 Å². The van der Waals surface area contributed by atoms with E-state index in [0.717, 1.165) is 33.2 Å². The van der Waals surface area contributed by atoms with Gasteiger partial charge >= 0.3 is 0 Å². The number of hydrogen-bond donors (Lipinski definition) is 2. The smallest absolute Gasteiger partial charge is 0.224 e. The molecule has 0 aliphatic heterocycles. The summed E-state index contributed by atoms with van der Waals surface area (Å²) in [6.45, 7) is 1.94. The molecule has 2 N–H and O–H groups in total. The molecule has 1 atom stereocenters. The lowest BCUT2D eigenvalue weighted by Crippen LogP contribution is -2.40. The summed E-state index contributed by atoms with van der Waals surface area (Å²) >= 11 is 0. The number of aliphatic hydroxyl groups excluding tert-OH is 1. The van der Waals surface area contributed by atoms with Crippen LogP contribution in [0.2, 0.25) is 0 Å². The molecular weight excluding hydrogens is 338 g/mol. The van der Waals surface area contributed by atoms with Gasteiger partial charge in [-0.3, -0.25) is 4.79 Å². The van der Waals surface area contributed by atoms with E-state index in [1.807, 2.05) is 67.6 Å². The number of hydrogen-bond acceptors (Lipinski definition) is 3. The Hall–Kier alpha value is -2.85. The minimum atomic E-state index is -0.303. The van der Waals surface area contributed by atoms with Crippen molar-refractivity contribution in [2.24, 2.45) is 0 Å². The van der Waals surface area contributed by atoms with E-state index in [2.05, 4.69) is 5.32 Å². The SMILES string of the molecule is COc1ccc2cccc(CC(=O)N[C@H](CO)Cc3ccccc3C)c2c1. The van der Waals surface area contributed by atoms with Crippen LogP contribution in [-0.2, 0) is 17.6 Å². The molecule has 3 aromatic carbocycles. The summed E-state index contributed by atoms with van der Waals surface area (Å²) in [6, 6.07) is 19.5. The van der Waals surface area contributed by atoms with Crippen molar-refractivity contribution in [3.05, 3.63) is 77.4 Å². The van der Waals surface area contributed by atoms with Crippen molar-refractivity contribution in [1.29, 1.82) is 0 Å². The van der Waals surface area contributed by atoms with Crippen LogP contribution < -0.4 is 10.1 Å². The van der Waals surface area contributed by atoms with Crippen LogP contribution >= 0.6 is 0 Å². The van der Waals surface area contributed by atoms with E-state index < -0.39 is 0 Å². The fourth-order valence-electron chi connectivity index (χ4n) is 3.32. The van der Waals surface area contributed by atoms with Crippen molar-refractivity contribution in [3.63, 3.8) is 0 Å². The zero-order chi connectivity index (χ0) is 19.2. The largest absolute Gasteiger partial charge is 0.497 e. The van der Waals surface area contributed by atoms with Gasteiger partial charge in [0.1, 0.15) is 5.75 Å². The predicted octanol–water partition coefficient (Wildman–Crippen LogP) is 3.42. The maximum atomic E-state index is 12.6. The number of amides is 1. The molecular formula is C23H25NO3. The molecule has 27 heavy (non-hydrogen) atoms. The molecule has 1 amide bonds. The second-order valence-corrected chi connectivity index (χ2v) is 6.76. The summed E-state index contributed by atoms with van der Waals surface area (Å²) in [6.07, 6.45) is 0.868. The molecule has 0 aliphatic rings. The molecule has 0 aromatic heterocycles. The van der Waals surface area contributed by atoms with Gasteiger partial charge < -0.3 is 15.2 Å². The van der Waals surface area contributed by atoms with Gasteiger partial charge in [-0.2, -0.15) is 0 Å². The van der Waals surface area contributed by atoms with Crippen LogP contribution in [0.3, 0.4) is 0 Å². The molecule has 0 fully saturated rings. The van der Waals surface area contributed by atoms with Crippen molar-refractivity contribution in [2.45, 2.75) is 25.8 Å². The quantitative estimate of drug-likeness (QED) is 0.676. The van der Waals surface area contributed by atoms with Crippen LogP contribution in [0.15, 0.2) is 60.7 Å². The average Bonchev–Trinajstić information content (AvgIpc) is 2.69. The topological polar surface area (TPSA) is 58.6 Å². The molecule has 4 nitrogen and oxygen atoms in total. The number of rotatable bonds is 7. The van der Waals surface area contributed by atoms with E-state index in [0.29, 0.717) is 6.42 Å². The van der Waals surface area contributed by atoms with Crippen LogP contribution in [0.4, 0.5) is 0 Å². The maximum absolute atomic E-state index is 12.6. The molecule has 0 unspecified atom stereocenters. The predicted molar refractivity (Wildman–Crippen MR) is 108 cm³/mol. The van der Waals surface area contributed by atoms with Crippen molar-refractivity contribution in [1.82, 2.24) is 5.32 Å². The van der Waals surface area contributed by atoms with Crippen molar-refractivity contribution in [2.75, 3.05) is 13.7 Å². The third-order valence-corrected chi connectivity index (χ3v) is 4.84. The second kappa shape index (κ2) is 8.69. The van der Waals surface area contributed by atoms with Crippen molar-refractivity contribution in [3.8, 4) is 5.75 Å². The summed E-state index contributed by atoms with van der Waals surface area (Å²) in [4.78, 5) is 12.6. The van der Waals surface area contributed by atoms with Gasteiger partial charge in [0, 0.05) is 0 Å². The number of carbonyl (C=O) groups is 1. The monoisotopic (exact) mass is 363 g/mol. The zero-order valence-corrected chi connectivity index (χ0v) is 15.7. The Labute approximate surface area is 159 Å². The van der Waals surface area contributed by atoms with Crippen LogP contribution in [0, 0.1) is 6.92 Å². The lowest BCUT2D eigenvalue weighted by molar-refractivity contribution is -0.121. The highest BCUT2D eigenvalue weighted by atomic mass is 16.5.